The molecular formula is C16H26N4O5S. The van der Waals surface area contributed by atoms with E-state index in [2.05, 4.69) is 10.6 Å². The first-order valence-corrected chi connectivity index (χ1v) is 9.40. The third-order valence-corrected chi connectivity index (χ3v) is 5.37. The second kappa shape index (κ2) is 8.86. The van der Waals surface area contributed by atoms with Crippen molar-refractivity contribution in [1.82, 2.24) is 9.62 Å². The highest BCUT2D eigenvalue weighted by atomic mass is 32.2. The molecule has 1 aromatic rings. The summed E-state index contributed by atoms with van der Waals surface area (Å²) in [6, 6.07) is 2.63. The Bertz CT molecular complexity index is 762. The Morgan fingerprint density at radius 3 is 2.35 bits per heavy atom. The molecule has 0 unspecified atom stereocenters. The smallest absolute Gasteiger partial charge is 0.312 e. The minimum absolute atomic E-state index is 0.0777. The van der Waals surface area contributed by atoms with Crippen LogP contribution in [0.15, 0.2) is 23.1 Å². The Hall–Kier alpha value is -2.33. The molecule has 9 nitrogen and oxygen atoms in total. The van der Waals surface area contributed by atoms with Crippen LogP contribution in [-0.2, 0) is 14.8 Å². The van der Waals surface area contributed by atoms with Gasteiger partial charge in [0.2, 0.25) is 15.9 Å². The van der Waals surface area contributed by atoms with Gasteiger partial charge in [-0.2, -0.15) is 0 Å². The molecule has 0 heterocycles. The lowest BCUT2D eigenvalue weighted by Gasteiger charge is -2.20. The quantitative estimate of drug-likeness (QED) is 0.613. The summed E-state index contributed by atoms with van der Waals surface area (Å²) in [5, 5.41) is 5.00. The molecule has 0 aliphatic heterocycles. The van der Waals surface area contributed by atoms with Gasteiger partial charge in [-0.1, -0.05) is 13.8 Å². The number of sulfonamides is 1. The zero-order valence-electron chi connectivity index (χ0n) is 15.6. The van der Waals surface area contributed by atoms with E-state index in [1.54, 1.807) is 0 Å². The lowest BCUT2D eigenvalue weighted by Crippen LogP contribution is -2.46. The van der Waals surface area contributed by atoms with Crippen LogP contribution in [0.2, 0.25) is 0 Å². The number of amides is 3. The van der Waals surface area contributed by atoms with Gasteiger partial charge in [0.15, 0.2) is 0 Å². The normalized spacial score (nSPS) is 12.7. The summed E-state index contributed by atoms with van der Waals surface area (Å²) >= 11 is 0. The molecule has 26 heavy (non-hydrogen) atoms. The van der Waals surface area contributed by atoms with Crippen LogP contribution in [0.3, 0.4) is 0 Å². The van der Waals surface area contributed by atoms with E-state index in [0.29, 0.717) is 6.42 Å². The van der Waals surface area contributed by atoms with Crippen molar-refractivity contribution in [3.63, 3.8) is 0 Å². The van der Waals surface area contributed by atoms with E-state index in [1.807, 2.05) is 13.8 Å². The van der Waals surface area contributed by atoms with Crippen molar-refractivity contribution >= 4 is 27.6 Å². The number of hydrogen-bond donors (Lipinski definition) is 3. The average Bonchev–Trinajstić information content (AvgIpc) is 2.53. The standard InChI is InChI=1S/C16H26N4O5S/c1-10(2)8-12(19-16(17)22)15(21)18-11-6-7-13(25-5)14(9-11)26(23,24)20(3)4/h6-7,9-10,12H,8H2,1-5H3,(H,18,21)(H3,17,19,22)/t12-/m0/s1. The summed E-state index contributed by atoms with van der Waals surface area (Å²) in [6.45, 7) is 3.80. The fraction of sp³-hybridized carbons (Fsp3) is 0.500. The molecule has 0 saturated heterocycles. The molecule has 4 N–H and O–H groups in total. The predicted molar refractivity (Wildman–Crippen MR) is 98.5 cm³/mol. The molecule has 0 bridgehead atoms. The number of rotatable bonds is 8. The molecule has 0 saturated carbocycles. The maximum atomic E-state index is 12.5. The number of benzene rings is 1. The number of carbonyl (C=O) groups is 2. The third-order valence-electron chi connectivity index (χ3n) is 3.53. The zero-order chi connectivity index (χ0) is 20.1. The molecule has 10 heteroatoms. The summed E-state index contributed by atoms with van der Waals surface area (Å²) in [6.07, 6.45) is 0.383. The number of methoxy groups -OCH3 is 1. The van der Waals surface area contributed by atoms with Crippen molar-refractivity contribution in [2.24, 2.45) is 11.7 Å². The van der Waals surface area contributed by atoms with Crippen LogP contribution in [0.25, 0.3) is 0 Å². The van der Waals surface area contributed by atoms with E-state index in [1.165, 1.54) is 39.4 Å². The van der Waals surface area contributed by atoms with Gasteiger partial charge < -0.3 is 21.1 Å². The Morgan fingerprint density at radius 1 is 1.27 bits per heavy atom. The van der Waals surface area contributed by atoms with E-state index >= 15 is 0 Å². The van der Waals surface area contributed by atoms with Gasteiger partial charge in [0.05, 0.1) is 7.11 Å². The molecule has 0 fully saturated rings. The van der Waals surface area contributed by atoms with E-state index in [9.17, 15) is 18.0 Å². The number of ether oxygens (including phenoxy) is 1. The van der Waals surface area contributed by atoms with Crippen molar-refractivity contribution in [3.8, 4) is 5.75 Å². The Kier molecular flexibility index (Phi) is 7.40. The molecule has 0 aliphatic carbocycles. The Labute approximate surface area is 153 Å². The van der Waals surface area contributed by atoms with E-state index in [-0.39, 0.29) is 22.3 Å². The van der Waals surface area contributed by atoms with Crippen LogP contribution in [0, 0.1) is 5.92 Å². The minimum Gasteiger partial charge on any atom is -0.495 e. The largest absolute Gasteiger partial charge is 0.495 e. The summed E-state index contributed by atoms with van der Waals surface area (Å²) < 4.78 is 31.0. The van der Waals surface area contributed by atoms with Crippen molar-refractivity contribution in [2.75, 3.05) is 26.5 Å². The fourth-order valence-electron chi connectivity index (χ4n) is 2.26. The molecule has 146 valence electrons. The fourth-order valence-corrected chi connectivity index (χ4v) is 3.33. The molecule has 3 amide bonds. The number of primary amides is 1. The monoisotopic (exact) mass is 386 g/mol. The summed E-state index contributed by atoms with van der Waals surface area (Å²) in [5.41, 5.74) is 5.38. The maximum Gasteiger partial charge on any atom is 0.312 e. The average molecular weight is 386 g/mol. The zero-order valence-corrected chi connectivity index (χ0v) is 16.4. The van der Waals surface area contributed by atoms with Crippen LogP contribution in [0.5, 0.6) is 5.75 Å². The molecule has 0 aliphatic rings. The van der Waals surface area contributed by atoms with Crippen LogP contribution < -0.4 is 21.1 Å². The van der Waals surface area contributed by atoms with Crippen molar-refractivity contribution in [2.45, 2.75) is 31.2 Å². The van der Waals surface area contributed by atoms with Crippen molar-refractivity contribution < 1.29 is 22.7 Å². The van der Waals surface area contributed by atoms with Crippen LogP contribution in [0.1, 0.15) is 20.3 Å². The van der Waals surface area contributed by atoms with Gasteiger partial charge in [-0.05, 0) is 30.5 Å². The van der Waals surface area contributed by atoms with Crippen LogP contribution >= 0.6 is 0 Å². The topological polar surface area (TPSA) is 131 Å². The number of anilines is 1. The van der Waals surface area contributed by atoms with E-state index in [4.69, 9.17) is 10.5 Å². The van der Waals surface area contributed by atoms with Gasteiger partial charge >= 0.3 is 6.03 Å². The second-order valence-electron chi connectivity index (χ2n) is 6.33. The molecule has 0 aromatic heterocycles. The van der Waals surface area contributed by atoms with Gasteiger partial charge in [0.1, 0.15) is 16.7 Å². The summed E-state index contributed by atoms with van der Waals surface area (Å²) in [7, 11) is 0.387. The molecule has 1 aromatic carbocycles. The highest BCUT2D eigenvalue weighted by Gasteiger charge is 2.25. The predicted octanol–water partition coefficient (Wildman–Crippen LogP) is 0.967. The number of nitrogens with one attached hydrogen (secondary N) is 2. The summed E-state index contributed by atoms with van der Waals surface area (Å²) in [5.74, 6) is -0.195. The molecular weight excluding hydrogens is 360 g/mol. The van der Waals surface area contributed by atoms with Gasteiger partial charge in [-0.3, -0.25) is 4.79 Å². The molecule has 1 atom stereocenters. The third kappa shape index (κ3) is 5.60. The molecule has 0 spiro atoms. The Balaban J connectivity index is 3.16. The number of nitrogens with zero attached hydrogens (tertiary/aromatic N) is 1. The number of urea groups is 1. The number of carbonyl (C=O) groups excluding carboxylic acids is 2. The van der Waals surface area contributed by atoms with Crippen molar-refractivity contribution in [1.29, 1.82) is 0 Å². The first kappa shape index (κ1) is 21.7. The first-order chi connectivity index (χ1) is 12.0. The van der Waals surface area contributed by atoms with Gasteiger partial charge in [0.25, 0.3) is 0 Å². The lowest BCUT2D eigenvalue weighted by molar-refractivity contribution is -0.118. The van der Waals surface area contributed by atoms with E-state index in [0.717, 1.165) is 4.31 Å². The minimum atomic E-state index is -3.77. The van der Waals surface area contributed by atoms with Crippen molar-refractivity contribution in [3.05, 3.63) is 18.2 Å². The summed E-state index contributed by atoms with van der Waals surface area (Å²) in [4.78, 5) is 23.5. The second-order valence-corrected chi connectivity index (χ2v) is 8.45. The number of hydrogen-bond acceptors (Lipinski definition) is 5. The Morgan fingerprint density at radius 2 is 1.88 bits per heavy atom. The van der Waals surface area contributed by atoms with Gasteiger partial charge in [-0.25, -0.2) is 17.5 Å². The molecule has 0 radical (unpaired) electrons. The highest BCUT2D eigenvalue weighted by Crippen LogP contribution is 2.29. The maximum absolute atomic E-state index is 12.5. The lowest BCUT2D eigenvalue weighted by atomic mass is 10.0. The van der Waals surface area contributed by atoms with Crippen LogP contribution in [-0.4, -0.2) is 51.9 Å². The van der Waals surface area contributed by atoms with Crippen LogP contribution in [0.4, 0.5) is 10.5 Å². The highest BCUT2D eigenvalue weighted by molar-refractivity contribution is 7.89. The molecule has 1 rings (SSSR count). The number of nitrogens with two attached hydrogens (primary N) is 1. The van der Waals surface area contributed by atoms with Gasteiger partial charge in [-0.15, -0.1) is 0 Å². The van der Waals surface area contributed by atoms with E-state index < -0.39 is 28.0 Å². The first-order valence-electron chi connectivity index (χ1n) is 7.96. The van der Waals surface area contributed by atoms with Gasteiger partial charge in [0, 0.05) is 19.8 Å². The SMILES string of the molecule is COc1ccc(NC(=O)[C@H](CC(C)C)NC(N)=O)cc1S(=O)(=O)N(C)C.